The molecular weight excluding hydrogens is 283 g/mol. The molecule has 0 radical (unpaired) electrons. The van der Waals surface area contributed by atoms with E-state index in [2.05, 4.69) is 26.5 Å². The number of hydrazone groups is 1. The van der Waals surface area contributed by atoms with E-state index in [9.17, 15) is 4.39 Å². The number of nitrogens with zero attached hydrogens (tertiary/aromatic N) is 1. The van der Waals surface area contributed by atoms with Crippen LogP contribution in [0.3, 0.4) is 0 Å². The summed E-state index contributed by atoms with van der Waals surface area (Å²) in [6.07, 6.45) is 1.45. The molecule has 0 amide bonds. The summed E-state index contributed by atoms with van der Waals surface area (Å²) >= 11 is 3.28. The summed E-state index contributed by atoms with van der Waals surface area (Å²) in [6, 6.07) is 14.2. The molecule has 0 fully saturated rings. The maximum atomic E-state index is 13.4. The van der Waals surface area contributed by atoms with Gasteiger partial charge in [-0.15, -0.1) is 0 Å². The monoisotopic (exact) mass is 292 g/mol. The minimum Gasteiger partial charge on any atom is -0.279 e. The molecule has 0 saturated heterocycles. The van der Waals surface area contributed by atoms with Crippen molar-refractivity contribution in [1.29, 1.82) is 0 Å². The lowest BCUT2D eigenvalue weighted by Crippen LogP contribution is -1.92. The van der Waals surface area contributed by atoms with E-state index in [0.717, 1.165) is 10.2 Å². The Morgan fingerprint density at radius 1 is 1.12 bits per heavy atom. The summed E-state index contributed by atoms with van der Waals surface area (Å²) in [5, 5.41) is 3.98. The Bertz CT molecular complexity index is 526. The minimum atomic E-state index is -0.299. The van der Waals surface area contributed by atoms with Gasteiger partial charge < -0.3 is 0 Å². The van der Waals surface area contributed by atoms with E-state index in [4.69, 9.17) is 0 Å². The molecule has 0 aliphatic heterocycles. The number of para-hydroxylation sites is 1. The molecule has 0 spiro atoms. The number of nitrogens with one attached hydrogen (secondary N) is 1. The average Bonchev–Trinajstić information content (AvgIpc) is 2.35. The van der Waals surface area contributed by atoms with Crippen molar-refractivity contribution in [3.63, 3.8) is 0 Å². The standard InChI is InChI=1S/C13H10BrFN2/c14-11-6-7-13(15)10(8-11)9-16-17-12-4-2-1-3-5-12/h1-9,17H/b16-9-. The van der Waals surface area contributed by atoms with Crippen LogP contribution in [0.25, 0.3) is 0 Å². The van der Waals surface area contributed by atoms with Crippen LogP contribution in [-0.2, 0) is 0 Å². The molecule has 0 aliphatic rings. The van der Waals surface area contributed by atoms with Crippen molar-refractivity contribution in [2.24, 2.45) is 5.10 Å². The normalized spacial score (nSPS) is 10.7. The lowest BCUT2D eigenvalue weighted by molar-refractivity contribution is 0.625. The molecule has 0 heterocycles. The van der Waals surface area contributed by atoms with E-state index in [1.165, 1.54) is 12.3 Å². The highest BCUT2D eigenvalue weighted by atomic mass is 79.9. The average molecular weight is 293 g/mol. The van der Waals surface area contributed by atoms with Crippen molar-refractivity contribution in [1.82, 2.24) is 0 Å². The number of hydrogen-bond donors (Lipinski definition) is 1. The predicted molar refractivity (Wildman–Crippen MR) is 71.8 cm³/mol. The van der Waals surface area contributed by atoms with Gasteiger partial charge in [0.1, 0.15) is 5.82 Å². The Balaban J connectivity index is 2.08. The topological polar surface area (TPSA) is 24.4 Å². The largest absolute Gasteiger partial charge is 0.279 e. The summed E-state index contributed by atoms with van der Waals surface area (Å²) in [7, 11) is 0. The minimum absolute atomic E-state index is 0.299. The first-order valence-electron chi connectivity index (χ1n) is 5.05. The Labute approximate surface area is 107 Å². The molecule has 2 aromatic carbocycles. The van der Waals surface area contributed by atoms with Crippen LogP contribution in [0.15, 0.2) is 58.1 Å². The molecule has 2 nitrogen and oxygen atoms in total. The molecule has 0 bridgehead atoms. The molecule has 0 aromatic heterocycles. The van der Waals surface area contributed by atoms with Crippen LogP contribution in [0.2, 0.25) is 0 Å². The van der Waals surface area contributed by atoms with Crippen molar-refractivity contribution in [3.05, 3.63) is 64.4 Å². The first-order chi connectivity index (χ1) is 8.25. The summed E-state index contributed by atoms with van der Waals surface area (Å²) in [5.74, 6) is -0.299. The molecule has 17 heavy (non-hydrogen) atoms. The first kappa shape index (κ1) is 11.8. The molecule has 2 rings (SSSR count). The first-order valence-corrected chi connectivity index (χ1v) is 5.84. The van der Waals surface area contributed by atoms with E-state index in [1.807, 2.05) is 30.3 Å². The Morgan fingerprint density at radius 3 is 2.65 bits per heavy atom. The number of halogens is 2. The van der Waals surface area contributed by atoms with Crippen LogP contribution in [0.1, 0.15) is 5.56 Å². The van der Waals surface area contributed by atoms with Gasteiger partial charge in [0.05, 0.1) is 11.9 Å². The van der Waals surface area contributed by atoms with Gasteiger partial charge >= 0.3 is 0 Å². The van der Waals surface area contributed by atoms with Gasteiger partial charge in [-0.1, -0.05) is 34.1 Å². The zero-order valence-corrected chi connectivity index (χ0v) is 10.5. The molecule has 0 saturated carbocycles. The van der Waals surface area contributed by atoms with Crippen molar-refractivity contribution >= 4 is 27.8 Å². The van der Waals surface area contributed by atoms with Gasteiger partial charge in [0.15, 0.2) is 0 Å². The predicted octanol–water partition coefficient (Wildman–Crippen LogP) is 4.03. The van der Waals surface area contributed by atoms with Crippen molar-refractivity contribution in [2.45, 2.75) is 0 Å². The van der Waals surface area contributed by atoms with Crippen molar-refractivity contribution in [3.8, 4) is 0 Å². The second kappa shape index (κ2) is 5.59. The second-order valence-corrected chi connectivity index (χ2v) is 4.32. The quantitative estimate of drug-likeness (QED) is 0.670. The third-order valence-electron chi connectivity index (χ3n) is 2.13. The zero-order chi connectivity index (χ0) is 12.1. The maximum Gasteiger partial charge on any atom is 0.132 e. The fraction of sp³-hybridized carbons (Fsp3) is 0. The van der Waals surface area contributed by atoms with E-state index in [-0.39, 0.29) is 5.82 Å². The van der Waals surface area contributed by atoms with E-state index in [0.29, 0.717) is 5.56 Å². The lowest BCUT2D eigenvalue weighted by Gasteiger charge is -2.00. The Hall–Kier alpha value is -1.68. The van der Waals surface area contributed by atoms with Crippen LogP contribution < -0.4 is 5.43 Å². The number of benzene rings is 2. The Kier molecular flexibility index (Phi) is 3.88. The third-order valence-corrected chi connectivity index (χ3v) is 2.62. The van der Waals surface area contributed by atoms with Gasteiger partial charge in [-0.25, -0.2) is 4.39 Å². The molecule has 4 heteroatoms. The van der Waals surface area contributed by atoms with Crippen molar-refractivity contribution < 1.29 is 4.39 Å². The smallest absolute Gasteiger partial charge is 0.132 e. The van der Waals surface area contributed by atoms with E-state index < -0.39 is 0 Å². The highest BCUT2D eigenvalue weighted by molar-refractivity contribution is 9.10. The second-order valence-electron chi connectivity index (χ2n) is 3.40. The lowest BCUT2D eigenvalue weighted by atomic mass is 10.2. The third kappa shape index (κ3) is 3.39. The van der Waals surface area contributed by atoms with E-state index >= 15 is 0 Å². The maximum absolute atomic E-state index is 13.4. The van der Waals surface area contributed by atoms with E-state index in [1.54, 1.807) is 12.1 Å². The summed E-state index contributed by atoms with van der Waals surface area (Å²) in [6.45, 7) is 0. The van der Waals surface area contributed by atoms with Crippen LogP contribution in [0.5, 0.6) is 0 Å². The van der Waals surface area contributed by atoms with Gasteiger partial charge in [0.25, 0.3) is 0 Å². The molecule has 2 aromatic rings. The van der Waals surface area contributed by atoms with Crippen molar-refractivity contribution in [2.75, 3.05) is 5.43 Å². The van der Waals surface area contributed by atoms with Crippen LogP contribution >= 0.6 is 15.9 Å². The number of rotatable bonds is 3. The molecule has 1 N–H and O–H groups in total. The van der Waals surface area contributed by atoms with Gasteiger partial charge in [0, 0.05) is 10.0 Å². The SMILES string of the molecule is Fc1ccc(Br)cc1/C=N\Nc1ccccc1. The molecule has 0 unspecified atom stereocenters. The highest BCUT2D eigenvalue weighted by Gasteiger charge is 1.99. The summed E-state index contributed by atoms with van der Waals surface area (Å²) in [5.41, 5.74) is 4.12. The fourth-order valence-electron chi connectivity index (χ4n) is 1.30. The number of hydrogen-bond acceptors (Lipinski definition) is 2. The molecule has 86 valence electrons. The van der Waals surface area contributed by atoms with Crippen LogP contribution in [0, 0.1) is 5.82 Å². The highest BCUT2D eigenvalue weighted by Crippen LogP contribution is 2.14. The van der Waals surface area contributed by atoms with Gasteiger partial charge in [0.2, 0.25) is 0 Å². The Morgan fingerprint density at radius 2 is 1.88 bits per heavy atom. The molecule has 0 aliphatic carbocycles. The van der Waals surface area contributed by atoms with Gasteiger partial charge in [-0.2, -0.15) is 5.10 Å². The molecule has 0 atom stereocenters. The summed E-state index contributed by atoms with van der Waals surface area (Å²) in [4.78, 5) is 0. The molecular formula is C13H10BrFN2. The number of anilines is 1. The van der Waals surface area contributed by atoms with Gasteiger partial charge in [-0.05, 0) is 30.3 Å². The fourth-order valence-corrected chi connectivity index (χ4v) is 1.68. The van der Waals surface area contributed by atoms with Crippen LogP contribution in [0.4, 0.5) is 10.1 Å². The zero-order valence-electron chi connectivity index (χ0n) is 8.90. The van der Waals surface area contributed by atoms with Gasteiger partial charge in [-0.3, -0.25) is 5.43 Å². The van der Waals surface area contributed by atoms with Crippen LogP contribution in [-0.4, -0.2) is 6.21 Å². The summed E-state index contributed by atoms with van der Waals surface area (Å²) < 4.78 is 14.2.